The lowest BCUT2D eigenvalue weighted by molar-refractivity contribution is -0.122. The molecule has 5 nitrogen and oxygen atoms in total. The Morgan fingerprint density at radius 2 is 1.75 bits per heavy atom. The van der Waals surface area contributed by atoms with E-state index >= 15 is 0 Å². The SMILES string of the molecule is CC(C)C(=O)N1c2ccccc2NC2=C(C(=O)C[C@H](c3ccccc3)C2)[C@@H]1c1ccco1. The van der Waals surface area contributed by atoms with Crippen molar-refractivity contribution in [2.24, 2.45) is 5.92 Å². The number of allylic oxidation sites excluding steroid dienone is 1. The van der Waals surface area contributed by atoms with Gasteiger partial charge in [-0.3, -0.25) is 14.5 Å². The largest absolute Gasteiger partial charge is 0.467 e. The fourth-order valence-electron chi connectivity index (χ4n) is 4.79. The summed E-state index contributed by atoms with van der Waals surface area (Å²) >= 11 is 0. The number of benzene rings is 2. The second kappa shape index (κ2) is 8.15. The highest BCUT2D eigenvalue weighted by atomic mass is 16.3. The normalized spacial score (nSPS) is 20.5. The first-order chi connectivity index (χ1) is 15.5. The lowest BCUT2D eigenvalue weighted by Gasteiger charge is -2.34. The topological polar surface area (TPSA) is 62.6 Å². The third-order valence-corrected chi connectivity index (χ3v) is 6.30. The van der Waals surface area contributed by atoms with Crippen LogP contribution in [0.5, 0.6) is 0 Å². The molecule has 2 heterocycles. The van der Waals surface area contributed by atoms with Gasteiger partial charge in [-0.25, -0.2) is 0 Å². The van der Waals surface area contributed by atoms with E-state index in [0.717, 1.165) is 22.6 Å². The molecule has 1 aliphatic carbocycles. The lowest BCUT2D eigenvalue weighted by Crippen LogP contribution is -2.40. The molecule has 0 fully saturated rings. The van der Waals surface area contributed by atoms with E-state index in [0.29, 0.717) is 24.2 Å². The van der Waals surface area contributed by atoms with Gasteiger partial charge in [0.25, 0.3) is 0 Å². The van der Waals surface area contributed by atoms with Crippen LogP contribution in [0.2, 0.25) is 0 Å². The van der Waals surface area contributed by atoms with Crippen LogP contribution < -0.4 is 10.2 Å². The molecule has 32 heavy (non-hydrogen) atoms. The summed E-state index contributed by atoms with van der Waals surface area (Å²) in [5.74, 6) is 0.442. The summed E-state index contributed by atoms with van der Waals surface area (Å²) in [6, 6.07) is 20.9. The van der Waals surface area contributed by atoms with Crippen molar-refractivity contribution in [3.63, 3.8) is 0 Å². The van der Waals surface area contributed by atoms with Crippen LogP contribution in [0.1, 0.15) is 50.0 Å². The molecule has 5 heteroatoms. The highest BCUT2D eigenvalue weighted by Gasteiger charge is 2.43. The molecule has 0 unspecified atom stereocenters. The maximum atomic E-state index is 13.7. The van der Waals surface area contributed by atoms with Gasteiger partial charge in [-0.05, 0) is 42.2 Å². The second-order valence-electron chi connectivity index (χ2n) is 8.75. The average molecular weight is 427 g/mol. The van der Waals surface area contributed by atoms with Crippen LogP contribution in [0.25, 0.3) is 0 Å². The zero-order valence-electron chi connectivity index (χ0n) is 18.2. The summed E-state index contributed by atoms with van der Waals surface area (Å²) in [5.41, 5.74) is 4.22. The number of carbonyl (C=O) groups is 2. The molecular formula is C27H26N2O3. The molecule has 1 aromatic heterocycles. The predicted octanol–water partition coefficient (Wildman–Crippen LogP) is 5.84. The number of rotatable bonds is 3. The molecule has 162 valence electrons. The molecule has 1 aliphatic heterocycles. The van der Waals surface area contributed by atoms with E-state index in [1.54, 1.807) is 17.2 Å². The first kappa shape index (κ1) is 20.3. The maximum absolute atomic E-state index is 13.7. The molecule has 2 aliphatic rings. The Morgan fingerprint density at radius 3 is 2.47 bits per heavy atom. The summed E-state index contributed by atoms with van der Waals surface area (Å²) in [6.07, 6.45) is 2.69. The Bertz CT molecular complexity index is 1180. The molecule has 2 aromatic carbocycles. The summed E-state index contributed by atoms with van der Waals surface area (Å²) in [5, 5.41) is 3.53. The van der Waals surface area contributed by atoms with E-state index in [1.165, 1.54) is 0 Å². The molecule has 0 saturated heterocycles. The van der Waals surface area contributed by atoms with E-state index in [4.69, 9.17) is 4.42 Å². The van der Waals surface area contributed by atoms with Crippen LogP contribution in [-0.4, -0.2) is 11.7 Å². The Kier molecular flexibility index (Phi) is 5.17. The Morgan fingerprint density at radius 1 is 1.00 bits per heavy atom. The third kappa shape index (κ3) is 3.44. The molecule has 0 bridgehead atoms. The fraction of sp³-hybridized carbons (Fsp3) is 0.259. The summed E-state index contributed by atoms with van der Waals surface area (Å²) in [6.45, 7) is 3.76. The van der Waals surface area contributed by atoms with Crippen LogP contribution in [0.4, 0.5) is 11.4 Å². The van der Waals surface area contributed by atoms with E-state index in [1.807, 2.05) is 62.4 Å². The van der Waals surface area contributed by atoms with Gasteiger partial charge in [-0.1, -0.05) is 56.3 Å². The lowest BCUT2D eigenvalue weighted by atomic mass is 9.79. The fourth-order valence-corrected chi connectivity index (χ4v) is 4.79. The highest BCUT2D eigenvalue weighted by molar-refractivity contribution is 6.06. The van der Waals surface area contributed by atoms with Gasteiger partial charge < -0.3 is 9.73 Å². The van der Waals surface area contributed by atoms with Crippen LogP contribution in [-0.2, 0) is 9.59 Å². The van der Waals surface area contributed by atoms with Crippen LogP contribution >= 0.6 is 0 Å². The van der Waals surface area contributed by atoms with Gasteiger partial charge in [0, 0.05) is 23.6 Å². The van der Waals surface area contributed by atoms with Crippen LogP contribution in [0, 0.1) is 5.92 Å². The van der Waals surface area contributed by atoms with Crippen LogP contribution in [0.3, 0.4) is 0 Å². The number of fused-ring (bicyclic) bond motifs is 1. The summed E-state index contributed by atoms with van der Waals surface area (Å²) in [7, 11) is 0. The molecular weight excluding hydrogens is 400 g/mol. The van der Waals surface area contributed by atoms with Gasteiger partial charge >= 0.3 is 0 Å². The smallest absolute Gasteiger partial charge is 0.230 e. The number of ketones is 1. The number of amides is 1. The average Bonchev–Trinajstić information content (AvgIpc) is 3.28. The molecule has 3 aromatic rings. The number of furan rings is 1. The number of carbonyl (C=O) groups excluding carboxylic acids is 2. The minimum absolute atomic E-state index is 0.0448. The van der Waals surface area contributed by atoms with Crippen molar-refractivity contribution in [3.05, 3.63) is 95.6 Å². The number of nitrogens with zero attached hydrogens (tertiary/aromatic N) is 1. The zero-order valence-corrected chi connectivity index (χ0v) is 18.2. The number of anilines is 2. The first-order valence-electron chi connectivity index (χ1n) is 11.1. The van der Waals surface area contributed by atoms with E-state index in [-0.39, 0.29) is 23.5 Å². The van der Waals surface area contributed by atoms with Gasteiger partial charge in [0.1, 0.15) is 11.8 Å². The van der Waals surface area contributed by atoms with Crippen molar-refractivity contribution in [1.82, 2.24) is 0 Å². The van der Waals surface area contributed by atoms with Crippen molar-refractivity contribution in [1.29, 1.82) is 0 Å². The monoisotopic (exact) mass is 426 g/mol. The van der Waals surface area contributed by atoms with Crippen molar-refractivity contribution >= 4 is 23.1 Å². The van der Waals surface area contributed by atoms with Gasteiger partial charge in [-0.2, -0.15) is 0 Å². The molecule has 2 atom stereocenters. The highest BCUT2D eigenvalue weighted by Crippen LogP contribution is 2.47. The molecule has 1 N–H and O–H groups in total. The van der Waals surface area contributed by atoms with Crippen molar-refractivity contribution < 1.29 is 14.0 Å². The molecule has 0 saturated carbocycles. The number of hydrogen-bond acceptors (Lipinski definition) is 4. The quantitative estimate of drug-likeness (QED) is 0.572. The standard InChI is InChI=1S/C27H26N2O3/c1-17(2)27(31)29-22-12-7-6-11-20(22)28-21-15-19(18-9-4-3-5-10-18)16-23(30)25(21)26(29)24-13-8-14-32-24/h3-14,17,19,26,28H,15-16H2,1-2H3/t19-,26+/m1/s1. The predicted molar refractivity (Wildman–Crippen MR) is 124 cm³/mol. The van der Waals surface area contributed by atoms with Gasteiger partial charge in [0.15, 0.2) is 5.78 Å². The van der Waals surface area contributed by atoms with Crippen LogP contribution in [0.15, 0.2) is 88.7 Å². The number of hydrogen-bond donors (Lipinski definition) is 1. The molecule has 0 radical (unpaired) electrons. The Hall–Kier alpha value is -3.60. The zero-order chi connectivity index (χ0) is 22.2. The van der Waals surface area contributed by atoms with Crippen molar-refractivity contribution in [2.45, 2.75) is 38.6 Å². The Balaban J connectivity index is 1.70. The second-order valence-corrected chi connectivity index (χ2v) is 8.75. The summed E-state index contributed by atoms with van der Waals surface area (Å²) < 4.78 is 5.80. The van der Waals surface area contributed by atoms with Gasteiger partial charge in [-0.15, -0.1) is 0 Å². The minimum Gasteiger partial charge on any atom is -0.467 e. The van der Waals surface area contributed by atoms with Crippen molar-refractivity contribution in [3.8, 4) is 0 Å². The van der Waals surface area contributed by atoms with E-state index in [2.05, 4.69) is 17.4 Å². The maximum Gasteiger partial charge on any atom is 0.230 e. The van der Waals surface area contributed by atoms with Crippen molar-refractivity contribution in [2.75, 3.05) is 10.2 Å². The molecule has 1 amide bonds. The van der Waals surface area contributed by atoms with Gasteiger partial charge in [0.05, 0.1) is 17.6 Å². The Labute approximate surface area is 187 Å². The molecule has 5 rings (SSSR count). The first-order valence-corrected chi connectivity index (χ1v) is 11.1. The minimum atomic E-state index is -0.602. The number of para-hydroxylation sites is 2. The third-order valence-electron chi connectivity index (χ3n) is 6.30. The number of nitrogens with one attached hydrogen (secondary N) is 1. The van der Waals surface area contributed by atoms with E-state index in [9.17, 15) is 9.59 Å². The summed E-state index contributed by atoms with van der Waals surface area (Å²) in [4.78, 5) is 28.9. The number of Topliss-reactive ketones (excluding diaryl/α,β-unsaturated/α-hetero) is 1. The van der Waals surface area contributed by atoms with E-state index < -0.39 is 6.04 Å². The van der Waals surface area contributed by atoms with Gasteiger partial charge in [0.2, 0.25) is 5.91 Å². The molecule has 0 spiro atoms.